The van der Waals surface area contributed by atoms with Crippen LogP contribution in [0, 0.1) is 5.92 Å². The van der Waals surface area contributed by atoms with E-state index >= 15 is 0 Å². The lowest BCUT2D eigenvalue weighted by Crippen LogP contribution is -2.61. The maximum absolute atomic E-state index is 10.1. The molecule has 0 aromatic heterocycles. The molecule has 0 amide bonds. The summed E-state index contributed by atoms with van der Waals surface area (Å²) in [6, 6.07) is 0.961. The topological polar surface area (TPSA) is 44.7 Å². The molecule has 0 heterocycles. The summed E-state index contributed by atoms with van der Waals surface area (Å²) in [5.41, 5.74) is -0.148. The van der Waals surface area contributed by atoms with Gasteiger partial charge >= 0.3 is 0 Å². The van der Waals surface area contributed by atoms with Crippen molar-refractivity contribution in [2.45, 2.75) is 71.0 Å². The van der Waals surface area contributed by atoms with Gasteiger partial charge in [-0.1, -0.05) is 27.7 Å². The third-order valence-corrected chi connectivity index (χ3v) is 4.74. The molecule has 0 radical (unpaired) electrons. The number of methoxy groups -OCH3 is 1. The van der Waals surface area contributed by atoms with E-state index in [0.29, 0.717) is 18.0 Å². The van der Waals surface area contributed by atoms with Crippen LogP contribution in [0.1, 0.15) is 53.4 Å². The molecule has 1 atom stereocenters. The van der Waals surface area contributed by atoms with Gasteiger partial charge in [0.05, 0.1) is 18.8 Å². The molecule has 0 aromatic carbocycles. The molecule has 0 aromatic rings. The molecule has 0 bridgehead atoms. The molecular weight excluding hydrogens is 264 g/mol. The molecule has 1 aliphatic carbocycles. The lowest BCUT2D eigenvalue weighted by atomic mass is 9.91. The van der Waals surface area contributed by atoms with Gasteiger partial charge in [-0.15, -0.1) is 0 Å². The summed E-state index contributed by atoms with van der Waals surface area (Å²) >= 11 is 0. The van der Waals surface area contributed by atoms with Crippen LogP contribution >= 0.6 is 0 Å². The van der Waals surface area contributed by atoms with Crippen LogP contribution in [0.2, 0.25) is 0 Å². The molecule has 4 heteroatoms. The Kier molecular flexibility index (Phi) is 8.17. The number of rotatable bonds is 12. The second kappa shape index (κ2) is 9.09. The van der Waals surface area contributed by atoms with Gasteiger partial charge < -0.3 is 15.2 Å². The van der Waals surface area contributed by atoms with E-state index in [1.165, 1.54) is 12.8 Å². The van der Waals surface area contributed by atoms with Crippen LogP contribution in [0.5, 0.6) is 0 Å². The second-order valence-electron chi connectivity index (χ2n) is 6.82. The summed E-state index contributed by atoms with van der Waals surface area (Å²) in [5, 5.41) is 13.8. The van der Waals surface area contributed by atoms with E-state index in [0.717, 1.165) is 32.5 Å². The first-order valence-electron chi connectivity index (χ1n) is 8.64. The van der Waals surface area contributed by atoms with Crippen molar-refractivity contribution in [1.82, 2.24) is 10.2 Å². The highest BCUT2D eigenvalue weighted by molar-refractivity contribution is 5.04. The molecule has 4 nitrogen and oxygen atoms in total. The van der Waals surface area contributed by atoms with Gasteiger partial charge in [0.15, 0.2) is 0 Å². The first-order valence-corrected chi connectivity index (χ1v) is 8.64. The number of nitrogens with one attached hydrogen (secondary N) is 1. The van der Waals surface area contributed by atoms with Crippen molar-refractivity contribution in [3.63, 3.8) is 0 Å². The predicted octanol–water partition coefficient (Wildman–Crippen LogP) is 2.26. The van der Waals surface area contributed by atoms with Crippen molar-refractivity contribution in [3.8, 4) is 0 Å². The molecule has 2 N–H and O–H groups in total. The SMILES string of the molecule is CCC(CC)N(CCOC)CC(CO)(NC(C)C)C1CC1. The average Bonchev–Trinajstić information content (AvgIpc) is 3.29. The largest absolute Gasteiger partial charge is 0.394 e. The Labute approximate surface area is 131 Å². The standard InChI is InChI=1S/C17H36N2O2/c1-6-16(7-2)19(10-11-21-5)12-17(13-20,15-8-9-15)18-14(3)4/h14-16,18,20H,6-13H2,1-5H3. The van der Waals surface area contributed by atoms with Crippen LogP contribution in [0.15, 0.2) is 0 Å². The number of nitrogens with zero attached hydrogens (tertiary/aromatic N) is 1. The van der Waals surface area contributed by atoms with Crippen LogP contribution in [0.4, 0.5) is 0 Å². The highest BCUT2D eigenvalue weighted by Crippen LogP contribution is 2.40. The Hall–Kier alpha value is -0.160. The average molecular weight is 300 g/mol. The zero-order chi connectivity index (χ0) is 15.9. The highest BCUT2D eigenvalue weighted by atomic mass is 16.5. The van der Waals surface area contributed by atoms with Crippen molar-refractivity contribution in [1.29, 1.82) is 0 Å². The molecule has 1 saturated carbocycles. The summed E-state index contributed by atoms with van der Waals surface area (Å²) in [7, 11) is 1.76. The van der Waals surface area contributed by atoms with Gasteiger partial charge in [-0.05, 0) is 31.6 Å². The molecule has 21 heavy (non-hydrogen) atoms. The molecule has 1 aliphatic rings. The quantitative estimate of drug-likeness (QED) is 0.580. The Morgan fingerprint density at radius 1 is 1.29 bits per heavy atom. The number of hydrogen-bond acceptors (Lipinski definition) is 4. The zero-order valence-electron chi connectivity index (χ0n) is 14.7. The number of ether oxygens (including phenoxy) is 1. The van der Waals surface area contributed by atoms with Gasteiger partial charge in [0.2, 0.25) is 0 Å². The van der Waals surface area contributed by atoms with Crippen LogP contribution in [-0.2, 0) is 4.74 Å². The third kappa shape index (κ3) is 5.51. The van der Waals surface area contributed by atoms with Crippen LogP contribution in [0.25, 0.3) is 0 Å². The molecule has 1 unspecified atom stereocenters. The lowest BCUT2D eigenvalue weighted by molar-refractivity contribution is 0.0454. The van der Waals surface area contributed by atoms with E-state index in [4.69, 9.17) is 4.74 Å². The minimum atomic E-state index is -0.148. The Morgan fingerprint density at radius 3 is 2.29 bits per heavy atom. The smallest absolute Gasteiger partial charge is 0.0628 e. The second-order valence-corrected chi connectivity index (χ2v) is 6.82. The minimum absolute atomic E-state index is 0.148. The van der Waals surface area contributed by atoms with Crippen LogP contribution in [0.3, 0.4) is 0 Å². The van der Waals surface area contributed by atoms with Gasteiger partial charge in [0, 0.05) is 32.3 Å². The molecule has 0 saturated heterocycles. The first-order chi connectivity index (χ1) is 10.0. The van der Waals surface area contributed by atoms with Gasteiger partial charge in [-0.25, -0.2) is 0 Å². The lowest BCUT2D eigenvalue weighted by Gasteiger charge is -2.42. The first kappa shape index (κ1) is 18.9. The van der Waals surface area contributed by atoms with E-state index in [2.05, 4.69) is 37.9 Å². The number of aliphatic hydroxyl groups excluding tert-OH is 1. The molecule has 0 aliphatic heterocycles. The summed E-state index contributed by atoms with van der Waals surface area (Å²) in [5.74, 6) is 0.615. The van der Waals surface area contributed by atoms with Crippen molar-refractivity contribution in [2.75, 3.05) is 33.4 Å². The minimum Gasteiger partial charge on any atom is -0.394 e. The fraction of sp³-hybridized carbons (Fsp3) is 1.00. The van der Waals surface area contributed by atoms with E-state index < -0.39 is 0 Å². The van der Waals surface area contributed by atoms with Gasteiger partial charge in [-0.3, -0.25) is 4.90 Å². The predicted molar refractivity (Wildman–Crippen MR) is 88.6 cm³/mol. The van der Waals surface area contributed by atoms with Crippen molar-refractivity contribution in [2.24, 2.45) is 5.92 Å². The summed E-state index contributed by atoms with van der Waals surface area (Å²) in [6.07, 6.45) is 4.77. The Balaban J connectivity index is 2.83. The fourth-order valence-corrected chi connectivity index (χ4v) is 3.49. The fourth-order valence-electron chi connectivity index (χ4n) is 3.49. The maximum Gasteiger partial charge on any atom is 0.0628 e. The highest BCUT2D eigenvalue weighted by Gasteiger charge is 2.46. The molecule has 1 fully saturated rings. The van der Waals surface area contributed by atoms with Gasteiger partial charge in [0.1, 0.15) is 0 Å². The van der Waals surface area contributed by atoms with Gasteiger partial charge in [-0.2, -0.15) is 0 Å². The number of aliphatic hydroxyl groups is 1. The third-order valence-electron chi connectivity index (χ3n) is 4.74. The van der Waals surface area contributed by atoms with Gasteiger partial charge in [0.25, 0.3) is 0 Å². The van der Waals surface area contributed by atoms with E-state index in [1.807, 2.05) is 0 Å². The van der Waals surface area contributed by atoms with Crippen molar-refractivity contribution < 1.29 is 9.84 Å². The van der Waals surface area contributed by atoms with E-state index in [1.54, 1.807) is 7.11 Å². The Morgan fingerprint density at radius 2 is 1.90 bits per heavy atom. The molecule has 1 rings (SSSR count). The zero-order valence-corrected chi connectivity index (χ0v) is 14.7. The van der Waals surface area contributed by atoms with Crippen molar-refractivity contribution in [3.05, 3.63) is 0 Å². The Bertz CT molecular complexity index is 278. The summed E-state index contributed by atoms with van der Waals surface area (Å²) < 4.78 is 5.29. The van der Waals surface area contributed by atoms with E-state index in [-0.39, 0.29) is 12.1 Å². The maximum atomic E-state index is 10.1. The van der Waals surface area contributed by atoms with Crippen LogP contribution < -0.4 is 5.32 Å². The summed E-state index contributed by atoms with van der Waals surface area (Å²) in [6.45, 7) is 11.7. The normalized spacial score (nSPS) is 18.7. The molecular formula is C17H36N2O2. The number of hydrogen-bond donors (Lipinski definition) is 2. The van der Waals surface area contributed by atoms with Crippen LogP contribution in [-0.4, -0.2) is 61.0 Å². The van der Waals surface area contributed by atoms with Crippen molar-refractivity contribution >= 4 is 0 Å². The molecule has 0 spiro atoms. The summed E-state index contributed by atoms with van der Waals surface area (Å²) in [4.78, 5) is 2.52. The van der Waals surface area contributed by atoms with E-state index in [9.17, 15) is 5.11 Å². The monoisotopic (exact) mass is 300 g/mol. The molecule has 126 valence electrons.